The van der Waals surface area contributed by atoms with Crippen LogP contribution in [0.25, 0.3) is 0 Å². The number of aromatic nitrogens is 1. The van der Waals surface area contributed by atoms with Crippen LogP contribution < -0.4 is 14.8 Å². The quantitative estimate of drug-likeness (QED) is 0.896. The van der Waals surface area contributed by atoms with E-state index in [1.807, 2.05) is 11.4 Å². The van der Waals surface area contributed by atoms with Crippen molar-refractivity contribution in [3.63, 3.8) is 0 Å². The first-order valence-electron chi connectivity index (χ1n) is 7.35. The molecule has 0 spiro atoms. The number of carbonyl (C=O) groups is 1. The summed E-state index contributed by atoms with van der Waals surface area (Å²) in [6, 6.07) is 7.19. The number of nitrogens with zero attached hydrogens (tertiary/aromatic N) is 3. The predicted molar refractivity (Wildman–Crippen MR) is 88.0 cm³/mol. The summed E-state index contributed by atoms with van der Waals surface area (Å²) in [6.45, 7) is 1.43. The van der Waals surface area contributed by atoms with Crippen LogP contribution >= 0.6 is 11.3 Å². The number of nitrogens with one attached hydrogen (secondary N) is 1. The van der Waals surface area contributed by atoms with E-state index in [-0.39, 0.29) is 12.1 Å². The Hall–Kier alpha value is -2.79. The largest absolute Gasteiger partial charge is 0.495 e. The average Bonchev–Trinajstić information content (AvgIpc) is 3.08. The zero-order valence-corrected chi connectivity index (χ0v) is 13.9. The minimum Gasteiger partial charge on any atom is -0.495 e. The van der Waals surface area contributed by atoms with Crippen LogP contribution in [-0.4, -0.2) is 42.2 Å². The van der Waals surface area contributed by atoms with Gasteiger partial charge in [0.1, 0.15) is 17.9 Å². The molecular weight excluding hydrogens is 328 g/mol. The van der Waals surface area contributed by atoms with E-state index in [9.17, 15) is 4.79 Å². The van der Waals surface area contributed by atoms with Crippen LogP contribution in [0.2, 0.25) is 0 Å². The zero-order valence-electron chi connectivity index (χ0n) is 13.1. The van der Waals surface area contributed by atoms with E-state index in [2.05, 4.69) is 16.4 Å². The van der Waals surface area contributed by atoms with Gasteiger partial charge < -0.3 is 19.7 Å². The van der Waals surface area contributed by atoms with Gasteiger partial charge in [-0.25, -0.2) is 9.78 Å². The third kappa shape index (κ3) is 3.58. The first kappa shape index (κ1) is 16.1. The molecule has 1 aromatic heterocycles. The molecule has 1 aliphatic rings. The maximum Gasteiger partial charge on any atom is 0.317 e. The van der Waals surface area contributed by atoms with Gasteiger partial charge in [0.05, 0.1) is 25.8 Å². The van der Waals surface area contributed by atoms with Gasteiger partial charge >= 0.3 is 6.03 Å². The number of nitriles is 1. The summed E-state index contributed by atoms with van der Waals surface area (Å²) >= 11 is 1.44. The summed E-state index contributed by atoms with van der Waals surface area (Å²) < 4.78 is 10.7. The first-order valence-corrected chi connectivity index (χ1v) is 8.23. The molecule has 0 radical (unpaired) electrons. The second kappa shape index (κ2) is 7.19. The molecule has 1 saturated heterocycles. The van der Waals surface area contributed by atoms with E-state index in [1.54, 1.807) is 23.2 Å². The smallest absolute Gasteiger partial charge is 0.317 e. The lowest BCUT2D eigenvalue weighted by Crippen LogP contribution is -2.58. The zero-order chi connectivity index (χ0) is 16.9. The Bertz CT molecular complexity index is 751. The monoisotopic (exact) mass is 344 g/mol. The Morgan fingerprint density at radius 2 is 2.38 bits per heavy atom. The van der Waals surface area contributed by atoms with Crippen LogP contribution in [0.15, 0.2) is 29.8 Å². The van der Waals surface area contributed by atoms with Crippen molar-refractivity contribution in [3.05, 3.63) is 40.9 Å². The lowest BCUT2D eigenvalue weighted by Gasteiger charge is -2.38. The molecule has 8 heteroatoms. The van der Waals surface area contributed by atoms with E-state index < -0.39 is 0 Å². The highest BCUT2D eigenvalue weighted by molar-refractivity contribution is 7.11. The Labute approximate surface area is 143 Å². The number of methoxy groups -OCH3 is 1. The van der Waals surface area contributed by atoms with E-state index in [1.165, 1.54) is 18.4 Å². The van der Waals surface area contributed by atoms with Crippen LogP contribution in [0.5, 0.6) is 10.9 Å². The van der Waals surface area contributed by atoms with Crippen molar-refractivity contribution in [3.8, 4) is 17.0 Å². The molecule has 1 fully saturated rings. The average molecular weight is 344 g/mol. The summed E-state index contributed by atoms with van der Waals surface area (Å²) in [5.74, 6) is 0.525. The molecule has 124 valence electrons. The van der Waals surface area contributed by atoms with Gasteiger partial charge in [0.2, 0.25) is 0 Å². The number of likely N-dealkylation sites (tertiary alicyclic amines) is 1. The number of urea groups is 1. The molecule has 0 aliphatic carbocycles. The molecular formula is C16H16N4O3S. The van der Waals surface area contributed by atoms with Gasteiger partial charge in [-0.15, -0.1) is 0 Å². The number of benzene rings is 1. The molecule has 1 aliphatic heterocycles. The fraction of sp³-hybridized carbons (Fsp3) is 0.312. The normalized spacial score (nSPS) is 13.8. The lowest BCUT2D eigenvalue weighted by atomic mass is 10.1. The van der Waals surface area contributed by atoms with E-state index in [4.69, 9.17) is 14.7 Å². The van der Waals surface area contributed by atoms with Gasteiger partial charge in [-0.05, 0) is 17.7 Å². The van der Waals surface area contributed by atoms with Gasteiger partial charge in [-0.1, -0.05) is 17.4 Å². The van der Waals surface area contributed by atoms with E-state index in [0.717, 1.165) is 5.56 Å². The van der Waals surface area contributed by atoms with Crippen LogP contribution in [0.1, 0.15) is 11.1 Å². The second-order valence-corrected chi connectivity index (χ2v) is 6.11. The molecule has 0 saturated carbocycles. The fourth-order valence-corrected chi connectivity index (χ4v) is 2.88. The molecule has 2 amide bonds. The minimum absolute atomic E-state index is 0.00641. The van der Waals surface area contributed by atoms with Gasteiger partial charge in [0.25, 0.3) is 5.19 Å². The Kier molecular flexibility index (Phi) is 4.82. The summed E-state index contributed by atoms with van der Waals surface area (Å²) in [4.78, 5) is 17.8. The summed E-state index contributed by atoms with van der Waals surface area (Å²) in [5, 5.41) is 14.4. The van der Waals surface area contributed by atoms with Crippen molar-refractivity contribution in [2.75, 3.05) is 20.2 Å². The molecule has 2 aromatic rings. The Balaban J connectivity index is 1.46. The Morgan fingerprint density at radius 1 is 1.54 bits per heavy atom. The number of rotatable bonds is 5. The van der Waals surface area contributed by atoms with Crippen LogP contribution in [-0.2, 0) is 6.54 Å². The van der Waals surface area contributed by atoms with E-state index in [0.29, 0.717) is 36.1 Å². The number of thiazole rings is 1. The topological polar surface area (TPSA) is 87.5 Å². The fourth-order valence-electron chi connectivity index (χ4n) is 2.33. The van der Waals surface area contributed by atoms with Gasteiger partial charge in [0, 0.05) is 18.1 Å². The predicted octanol–water partition coefficient (Wildman–Crippen LogP) is 2.00. The van der Waals surface area contributed by atoms with Crippen molar-refractivity contribution in [2.24, 2.45) is 0 Å². The molecule has 0 atom stereocenters. The maximum atomic E-state index is 12.1. The number of carbonyl (C=O) groups excluding carboxylic acids is 1. The third-order valence-corrected chi connectivity index (χ3v) is 4.30. The van der Waals surface area contributed by atoms with Crippen molar-refractivity contribution < 1.29 is 14.3 Å². The van der Waals surface area contributed by atoms with Crippen LogP contribution in [0, 0.1) is 11.3 Å². The first-order chi connectivity index (χ1) is 11.7. The molecule has 2 heterocycles. The van der Waals surface area contributed by atoms with Crippen molar-refractivity contribution >= 4 is 17.4 Å². The van der Waals surface area contributed by atoms with Gasteiger partial charge in [0.15, 0.2) is 0 Å². The molecule has 1 aromatic carbocycles. The number of hydrogen-bond donors (Lipinski definition) is 1. The lowest BCUT2D eigenvalue weighted by molar-refractivity contribution is 0.0442. The van der Waals surface area contributed by atoms with Gasteiger partial charge in [-0.3, -0.25) is 0 Å². The van der Waals surface area contributed by atoms with Crippen molar-refractivity contribution in [2.45, 2.75) is 12.6 Å². The number of hydrogen-bond acceptors (Lipinski definition) is 6. The Morgan fingerprint density at radius 3 is 3.04 bits per heavy atom. The summed E-state index contributed by atoms with van der Waals surface area (Å²) in [5.41, 5.74) is 1.29. The minimum atomic E-state index is -0.150. The van der Waals surface area contributed by atoms with Gasteiger partial charge in [-0.2, -0.15) is 5.26 Å². The molecule has 3 rings (SSSR count). The molecule has 24 heavy (non-hydrogen) atoms. The molecule has 1 N–H and O–H groups in total. The number of amides is 2. The summed E-state index contributed by atoms with van der Waals surface area (Å²) in [6.07, 6.45) is 1.68. The standard InChI is InChI=1S/C16H16N4O3S/c1-22-14-3-2-11(6-12(14)7-17)8-19-15(21)20-9-13(10-20)23-16-18-4-5-24-16/h2-6,13H,8-10H2,1H3,(H,19,21). The van der Waals surface area contributed by atoms with Crippen molar-refractivity contribution in [1.82, 2.24) is 15.2 Å². The van der Waals surface area contributed by atoms with Crippen LogP contribution in [0.3, 0.4) is 0 Å². The molecule has 7 nitrogen and oxygen atoms in total. The maximum absolute atomic E-state index is 12.1. The highest BCUT2D eigenvalue weighted by Crippen LogP contribution is 2.21. The highest BCUT2D eigenvalue weighted by Gasteiger charge is 2.32. The van der Waals surface area contributed by atoms with Crippen LogP contribution in [0.4, 0.5) is 4.79 Å². The molecule has 0 unspecified atom stereocenters. The van der Waals surface area contributed by atoms with Crippen molar-refractivity contribution in [1.29, 1.82) is 5.26 Å². The molecule has 0 bridgehead atoms. The third-order valence-electron chi connectivity index (χ3n) is 3.64. The van der Waals surface area contributed by atoms with E-state index >= 15 is 0 Å². The SMILES string of the molecule is COc1ccc(CNC(=O)N2CC(Oc3nccs3)C2)cc1C#N. The highest BCUT2D eigenvalue weighted by atomic mass is 32.1. The second-order valence-electron chi connectivity index (χ2n) is 5.25. The summed E-state index contributed by atoms with van der Waals surface area (Å²) in [7, 11) is 1.52. The number of ether oxygens (including phenoxy) is 2.